The van der Waals surface area contributed by atoms with Crippen LogP contribution in [-0.4, -0.2) is 70.6 Å². The Morgan fingerprint density at radius 1 is 1.24 bits per heavy atom. The second kappa shape index (κ2) is 10.6. The van der Waals surface area contributed by atoms with Crippen LogP contribution in [-0.2, 0) is 16.1 Å². The SMILES string of the molecule is C=CC(=O)N1CCN(Cc2ccc(C(C)Nc3nccc(N4C(=O)OC[C@@H]4CC)n3)cc2)CC1. The summed E-state index contributed by atoms with van der Waals surface area (Å²) in [6, 6.07) is 10.2. The zero-order valence-electron chi connectivity index (χ0n) is 19.8. The zero-order chi connectivity index (χ0) is 24.1. The van der Waals surface area contributed by atoms with E-state index in [1.54, 1.807) is 17.2 Å². The van der Waals surface area contributed by atoms with Crippen LogP contribution in [0.15, 0.2) is 49.2 Å². The van der Waals surface area contributed by atoms with Crippen LogP contribution in [0.2, 0.25) is 0 Å². The lowest BCUT2D eigenvalue weighted by Crippen LogP contribution is -2.47. The Hall–Kier alpha value is -3.46. The molecule has 0 spiro atoms. The van der Waals surface area contributed by atoms with E-state index in [-0.39, 0.29) is 24.1 Å². The van der Waals surface area contributed by atoms with E-state index < -0.39 is 0 Å². The van der Waals surface area contributed by atoms with E-state index in [0.717, 1.165) is 44.7 Å². The second-order valence-corrected chi connectivity index (χ2v) is 8.66. The van der Waals surface area contributed by atoms with Crippen molar-refractivity contribution in [2.45, 2.75) is 38.9 Å². The third kappa shape index (κ3) is 5.36. The highest BCUT2D eigenvalue weighted by molar-refractivity contribution is 5.89. The highest BCUT2D eigenvalue weighted by atomic mass is 16.6. The van der Waals surface area contributed by atoms with Crippen molar-refractivity contribution < 1.29 is 14.3 Å². The Balaban J connectivity index is 1.34. The van der Waals surface area contributed by atoms with Crippen LogP contribution in [0.1, 0.15) is 37.4 Å². The number of anilines is 2. The molecule has 0 aliphatic carbocycles. The summed E-state index contributed by atoms with van der Waals surface area (Å²) in [6.07, 6.45) is 3.46. The molecule has 1 aromatic carbocycles. The zero-order valence-corrected chi connectivity index (χ0v) is 19.8. The molecule has 2 fully saturated rings. The highest BCUT2D eigenvalue weighted by Gasteiger charge is 2.34. The van der Waals surface area contributed by atoms with Gasteiger partial charge in [-0.2, -0.15) is 4.98 Å². The van der Waals surface area contributed by atoms with E-state index in [1.165, 1.54) is 11.6 Å². The number of carbonyl (C=O) groups is 2. The molecule has 2 atom stereocenters. The van der Waals surface area contributed by atoms with E-state index in [2.05, 4.69) is 58.0 Å². The van der Waals surface area contributed by atoms with E-state index >= 15 is 0 Å². The molecule has 0 saturated carbocycles. The number of benzene rings is 1. The van der Waals surface area contributed by atoms with Gasteiger partial charge in [0.25, 0.3) is 0 Å². The maximum atomic E-state index is 12.1. The molecule has 2 aliphatic rings. The van der Waals surface area contributed by atoms with Crippen LogP contribution in [0.4, 0.5) is 16.6 Å². The summed E-state index contributed by atoms with van der Waals surface area (Å²) < 4.78 is 5.18. The normalized spacial score (nSPS) is 19.6. The minimum absolute atomic E-state index is 0.00514. The van der Waals surface area contributed by atoms with Gasteiger partial charge in [-0.1, -0.05) is 37.8 Å². The fourth-order valence-corrected chi connectivity index (χ4v) is 4.30. The molecule has 9 nitrogen and oxygen atoms in total. The molecule has 2 aliphatic heterocycles. The lowest BCUT2D eigenvalue weighted by atomic mass is 10.1. The number of cyclic esters (lactones) is 1. The highest BCUT2D eigenvalue weighted by Crippen LogP contribution is 2.25. The van der Waals surface area contributed by atoms with E-state index in [1.807, 2.05) is 11.8 Å². The van der Waals surface area contributed by atoms with Gasteiger partial charge in [0.1, 0.15) is 12.4 Å². The molecular weight excluding hydrogens is 432 g/mol. The van der Waals surface area contributed by atoms with Crippen molar-refractivity contribution in [3.8, 4) is 0 Å². The molecule has 1 aromatic heterocycles. The maximum absolute atomic E-state index is 12.1. The second-order valence-electron chi connectivity index (χ2n) is 8.66. The van der Waals surface area contributed by atoms with E-state index in [9.17, 15) is 9.59 Å². The third-order valence-electron chi connectivity index (χ3n) is 6.41. The Bertz CT molecular complexity index is 1020. The van der Waals surface area contributed by atoms with E-state index in [4.69, 9.17) is 4.74 Å². The third-order valence-corrected chi connectivity index (χ3v) is 6.41. The topological polar surface area (TPSA) is 90.9 Å². The van der Waals surface area contributed by atoms with Gasteiger partial charge in [0.05, 0.1) is 12.1 Å². The van der Waals surface area contributed by atoms with Gasteiger partial charge in [0.2, 0.25) is 11.9 Å². The predicted molar refractivity (Wildman–Crippen MR) is 130 cm³/mol. The first-order valence-electron chi connectivity index (χ1n) is 11.8. The van der Waals surface area contributed by atoms with Gasteiger partial charge in [0.15, 0.2) is 0 Å². The largest absolute Gasteiger partial charge is 0.447 e. The molecule has 34 heavy (non-hydrogen) atoms. The average Bonchev–Trinajstić information content (AvgIpc) is 3.25. The molecule has 180 valence electrons. The molecule has 0 bridgehead atoms. The van der Waals surface area contributed by atoms with Crippen LogP contribution < -0.4 is 10.2 Å². The molecule has 3 heterocycles. The smallest absolute Gasteiger partial charge is 0.415 e. The van der Waals surface area contributed by atoms with Crippen molar-refractivity contribution in [2.24, 2.45) is 0 Å². The Kier molecular flexibility index (Phi) is 7.42. The summed E-state index contributed by atoms with van der Waals surface area (Å²) >= 11 is 0. The summed E-state index contributed by atoms with van der Waals surface area (Å²) in [5, 5.41) is 3.33. The number of ether oxygens (including phenoxy) is 1. The summed E-state index contributed by atoms with van der Waals surface area (Å²) in [5.41, 5.74) is 2.35. The Labute approximate surface area is 200 Å². The molecule has 2 aromatic rings. The van der Waals surface area contributed by atoms with Crippen LogP contribution >= 0.6 is 0 Å². The van der Waals surface area contributed by atoms with Crippen molar-refractivity contribution in [2.75, 3.05) is 43.0 Å². The molecule has 1 N–H and O–H groups in total. The van der Waals surface area contributed by atoms with Crippen LogP contribution in [0, 0.1) is 0 Å². The quantitative estimate of drug-likeness (QED) is 0.600. The fourth-order valence-electron chi connectivity index (χ4n) is 4.30. The van der Waals surface area contributed by atoms with Crippen molar-refractivity contribution in [3.63, 3.8) is 0 Å². The Morgan fingerprint density at radius 2 is 1.97 bits per heavy atom. The van der Waals surface area contributed by atoms with E-state index in [0.29, 0.717) is 18.4 Å². The monoisotopic (exact) mass is 464 g/mol. The maximum Gasteiger partial charge on any atom is 0.415 e. The van der Waals surface area contributed by atoms with Crippen molar-refractivity contribution in [1.29, 1.82) is 0 Å². The number of aromatic nitrogens is 2. The summed E-state index contributed by atoms with van der Waals surface area (Å²) in [5.74, 6) is 1.02. The Morgan fingerprint density at radius 3 is 2.65 bits per heavy atom. The molecule has 2 saturated heterocycles. The number of hydrogen-bond donors (Lipinski definition) is 1. The number of hydrogen-bond acceptors (Lipinski definition) is 7. The van der Waals surface area contributed by atoms with Crippen molar-refractivity contribution in [1.82, 2.24) is 19.8 Å². The van der Waals surface area contributed by atoms with Crippen LogP contribution in [0.3, 0.4) is 0 Å². The predicted octanol–water partition coefficient (Wildman–Crippen LogP) is 3.22. The van der Waals surface area contributed by atoms with Gasteiger partial charge < -0.3 is 15.0 Å². The number of piperazine rings is 1. The first-order chi connectivity index (χ1) is 16.5. The number of amides is 2. The van der Waals surface area contributed by atoms with Gasteiger partial charge in [-0.3, -0.25) is 14.6 Å². The van der Waals surface area contributed by atoms with Gasteiger partial charge >= 0.3 is 6.09 Å². The minimum atomic E-state index is -0.367. The fraction of sp³-hybridized carbons (Fsp3) is 0.440. The molecule has 1 unspecified atom stereocenters. The summed E-state index contributed by atoms with van der Waals surface area (Å²) in [6.45, 7) is 12.1. The average molecular weight is 465 g/mol. The number of nitrogens with zero attached hydrogens (tertiary/aromatic N) is 5. The van der Waals surface area contributed by atoms with Gasteiger partial charge in [-0.15, -0.1) is 0 Å². The molecular formula is C25H32N6O3. The number of rotatable bonds is 8. The number of nitrogens with one attached hydrogen (secondary N) is 1. The molecule has 0 radical (unpaired) electrons. The molecule has 4 rings (SSSR count). The van der Waals surface area contributed by atoms with Crippen molar-refractivity contribution in [3.05, 3.63) is 60.3 Å². The van der Waals surface area contributed by atoms with Crippen LogP contribution in [0.5, 0.6) is 0 Å². The lowest BCUT2D eigenvalue weighted by molar-refractivity contribution is -0.127. The van der Waals surface area contributed by atoms with Gasteiger partial charge in [0, 0.05) is 38.9 Å². The summed E-state index contributed by atoms with van der Waals surface area (Å²) in [4.78, 5) is 38.5. The van der Waals surface area contributed by atoms with Crippen molar-refractivity contribution >= 4 is 23.8 Å². The minimum Gasteiger partial charge on any atom is -0.447 e. The molecule has 2 amide bonds. The van der Waals surface area contributed by atoms with Gasteiger partial charge in [-0.05, 0) is 36.6 Å². The standard InChI is InChI=1S/C25H32N6O3/c1-4-21-17-34-25(33)31(21)22-10-11-26-24(28-22)27-18(3)20-8-6-19(7-9-20)16-29-12-14-30(15-13-29)23(32)5-2/h5-11,18,21H,2,4,12-17H2,1,3H3,(H,26,27,28)/t18?,21-/m0/s1. The molecule has 9 heteroatoms. The first kappa shape index (κ1) is 23.7. The lowest BCUT2D eigenvalue weighted by Gasteiger charge is -2.34. The van der Waals surface area contributed by atoms with Gasteiger partial charge in [-0.25, -0.2) is 9.78 Å². The number of carbonyl (C=O) groups excluding carboxylic acids is 2. The van der Waals surface area contributed by atoms with Crippen LogP contribution in [0.25, 0.3) is 0 Å². The summed E-state index contributed by atoms with van der Waals surface area (Å²) in [7, 11) is 0. The first-order valence-corrected chi connectivity index (χ1v) is 11.8.